The van der Waals surface area contributed by atoms with Gasteiger partial charge >= 0.3 is 0 Å². The molecule has 22 heavy (non-hydrogen) atoms. The number of amides is 2. The fourth-order valence-corrected chi connectivity index (χ4v) is 1.82. The Labute approximate surface area is 124 Å². The maximum Gasteiger partial charge on any atom is 0.255 e. The van der Waals surface area contributed by atoms with Crippen LogP contribution in [-0.2, 0) is 0 Å². The van der Waals surface area contributed by atoms with E-state index in [1.165, 1.54) is 12.4 Å². The highest BCUT2D eigenvalue weighted by molar-refractivity contribution is 6.07. The van der Waals surface area contributed by atoms with Crippen LogP contribution in [-0.4, -0.2) is 32.2 Å². The second-order valence-corrected chi connectivity index (χ2v) is 4.46. The number of anilines is 2. The molecule has 8 nitrogen and oxygen atoms in total. The fraction of sp³-hybridized carbons (Fsp3) is 0. The van der Waals surface area contributed by atoms with Crippen molar-refractivity contribution in [2.75, 3.05) is 10.6 Å². The summed E-state index contributed by atoms with van der Waals surface area (Å²) in [5.41, 5.74) is 2.04. The van der Waals surface area contributed by atoms with Crippen LogP contribution >= 0.6 is 0 Å². The molecule has 0 radical (unpaired) electrons. The third-order valence-electron chi connectivity index (χ3n) is 2.92. The van der Waals surface area contributed by atoms with Crippen molar-refractivity contribution >= 4 is 23.2 Å². The summed E-state index contributed by atoms with van der Waals surface area (Å²) in [6.07, 6.45) is 6.16. The summed E-state index contributed by atoms with van der Waals surface area (Å²) in [5.74, 6) is -0.550. The van der Waals surface area contributed by atoms with Gasteiger partial charge in [-0.3, -0.25) is 19.8 Å². The third-order valence-corrected chi connectivity index (χ3v) is 2.92. The van der Waals surface area contributed by atoms with Crippen molar-refractivity contribution in [2.24, 2.45) is 0 Å². The number of benzene rings is 1. The van der Waals surface area contributed by atoms with Gasteiger partial charge in [-0.1, -0.05) is 0 Å². The van der Waals surface area contributed by atoms with E-state index in [9.17, 15) is 9.59 Å². The highest BCUT2D eigenvalue weighted by Crippen LogP contribution is 2.10. The van der Waals surface area contributed by atoms with Crippen LogP contribution in [0.2, 0.25) is 0 Å². The Morgan fingerprint density at radius 2 is 1.18 bits per heavy atom. The summed E-state index contributed by atoms with van der Waals surface area (Å²) in [7, 11) is 0. The van der Waals surface area contributed by atoms with E-state index in [2.05, 4.69) is 31.0 Å². The molecule has 8 heteroatoms. The number of H-pyrrole nitrogens is 2. The first-order valence-corrected chi connectivity index (χ1v) is 6.43. The second-order valence-electron chi connectivity index (χ2n) is 4.46. The van der Waals surface area contributed by atoms with Crippen LogP contribution in [0, 0.1) is 0 Å². The molecular formula is C14H12N6O2. The van der Waals surface area contributed by atoms with E-state index in [4.69, 9.17) is 0 Å². The van der Waals surface area contributed by atoms with Crippen LogP contribution in [0.4, 0.5) is 11.4 Å². The van der Waals surface area contributed by atoms with Crippen LogP contribution in [0.5, 0.6) is 0 Å². The Morgan fingerprint density at radius 1 is 0.773 bits per heavy atom. The van der Waals surface area contributed by atoms with E-state index in [0.717, 1.165) is 0 Å². The van der Waals surface area contributed by atoms with Gasteiger partial charge in [0.25, 0.3) is 11.8 Å². The van der Waals surface area contributed by atoms with Crippen molar-refractivity contribution in [3.63, 3.8) is 0 Å². The third kappa shape index (κ3) is 3.01. The van der Waals surface area contributed by atoms with Gasteiger partial charge in [0, 0.05) is 23.5 Å². The molecule has 0 atom stereocenters. The molecule has 2 aromatic heterocycles. The van der Waals surface area contributed by atoms with Gasteiger partial charge in [-0.05, 0) is 24.3 Å². The minimum Gasteiger partial charge on any atom is -0.319 e. The largest absolute Gasteiger partial charge is 0.319 e. The molecule has 0 aliphatic rings. The number of rotatable bonds is 4. The molecule has 3 aromatic rings. The van der Waals surface area contributed by atoms with Gasteiger partial charge in [0.2, 0.25) is 0 Å². The molecular weight excluding hydrogens is 284 g/mol. The summed E-state index contributed by atoms with van der Waals surface area (Å²) in [6, 6.07) is 6.33. The zero-order valence-corrected chi connectivity index (χ0v) is 11.3. The predicted molar refractivity (Wildman–Crippen MR) is 79.5 cm³/mol. The van der Waals surface area contributed by atoms with Crippen LogP contribution in [0.1, 0.15) is 20.7 Å². The maximum atomic E-state index is 12.0. The maximum absolute atomic E-state index is 12.0. The minimum atomic E-state index is -0.275. The number of hydrogen-bond donors (Lipinski definition) is 4. The van der Waals surface area contributed by atoms with Gasteiger partial charge in [-0.2, -0.15) is 10.2 Å². The molecule has 110 valence electrons. The van der Waals surface area contributed by atoms with Gasteiger partial charge in [-0.25, -0.2) is 0 Å². The van der Waals surface area contributed by atoms with E-state index < -0.39 is 0 Å². The van der Waals surface area contributed by atoms with Crippen molar-refractivity contribution in [3.05, 3.63) is 60.2 Å². The average Bonchev–Trinajstić information content (AvgIpc) is 3.21. The first kappa shape index (κ1) is 13.6. The van der Waals surface area contributed by atoms with Crippen molar-refractivity contribution < 1.29 is 9.59 Å². The van der Waals surface area contributed by atoms with E-state index in [0.29, 0.717) is 22.5 Å². The molecule has 0 unspecified atom stereocenters. The topological polar surface area (TPSA) is 116 Å². The molecule has 2 heterocycles. The van der Waals surface area contributed by atoms with Crippen molar-refractivity contribution in [2.45, 2.75) is 0 Å². The lowest BCUT2D eigenvalue weighted by Crippen LogP contribution is -2.14. The lowest BCUT2D eigenvalue weighted by Gasteiger charge is -2.05. The standard InChI is InChI=1S/C14H12N6O2/c21-13(19-11-5-15-16-6-11)9-1-2-10(4-3-9)14(22)20-12-7-17-18-8-12/h1-8H,(H,15,16)(H,17,18)(H,19,21)(H,20,22). The SMILES string of the molecule is O=C(Nc1cn[nH]c1)c1ccc(C(=O)Nc2cn[nH]c2)cc1. The lowest BCUT2D eigenvalue weighted by molar-refractivity contribution is 0.101. The molecule has 0 aliphatic heterocycles. The Morgan fingerprint density at radius 3 is 1.50 bits per heavy atom. The van der Waals surface area contributed by atoms with Gasteiger partial charge in [0.15, 0.2) is 0 Å². The van der Waals surface area contributed by atoms with Crippen molar-refractivity contribution in [1.82, 2.24) is 20.4 Å². The number of carbonyl (C=O) groups excluding carboxylic acids is 2. The Hall–Kier alpha value is -3.42. The molecule has 0 bridgehead atoms. The lowest BCUT2D eigenvalue weighted by atomic mass is 10.1. The average molecular weight is 296 g/mol. The molecule has 1 aromatic carbocycles. The molecule has 3 rings (SSSR count). The molecule has 0 aliphatic carbocycles. The zero-order chi connectivity index (χ0) is 15.4. The van der Waals surface area contributed by atoms with Gasteiger partial charge in [-0.15, -0.1) is 0 Å². The quantitative estimate of drug-likeness (QED) is 0.585. The van der Waals surface area contributed by atoms with E-state index in [1.54, 1.807) is 36.7 Å². The number of aromatic nitrogens is 4. The summed E-state index contributed by atoms with van der Waals surface area (Å²) in [5, 5.41) is 18.1. The fourth-order valence-electron chi connectivity index (χ4n) is 1.82. The van der Waals surface area contributed by atoms with Gasteiger partial charge in [0.05, 0.1) is 23.8 Å². The van der Waals surface area contributed by atoms with E-state index >= 15 is 0 Å². The first-order valence-electron chi connectivity index (χ1n) is 6.43. The number of carbonyl (C=O) groups is 2. The van der Waals surface area contributed by atoms with Crippen molar-refractivity contribution in [1.29, 1.82) is 0 Å². The minimum absolute atomic E-state index is 0.275. The van der Waals surface area contributed by atoms with Gasteiger partial charge in [0.1, 0.15) is 0 Å². The van der Waals surface area contributed by atoms with Crippen LogP contribution in [0.25, 0.3) is 0 Å². The monoisotopic (exact) mass is 296 g/mol. The highest BCUT2D eigenvalue weighted by atomic mass is 16.2. The van der Waals surface area contributed by atoms with E-state index in [-0.39, 0.29) is 11.8 Å². The number of hydrogen-bond acceptors (Lipinski definition) is 4. The van der Waals surface area contributed by atoms with Crippen LogP contribution in [0.3, 0.4) is 0 Å². The molecule has 0 saturated carbocycles. The normalized spacial score (nSPS) is 10.2. The Kier molecular flexibility index (Phi) is 3.65. The molecule has 4 N–H and O–H groups in total. The number of nitrogens with zero attached hydrogens (tertiary/aromatic N) is 2. The predicted octanol–water partition coefficient (Wildman–Crippen LogP) is 1.64. The highest BCUT2D eigenvalue weighted by Gasteiger charge is 2.10. The molecule has 0 saturated heterocycles. The second kappa shape index (κ2) is 5.92. The first-order chi connectivity index (χ1) is 10.7. The summed E-state index contributed by atoms with van der Waals surface area (Å²) >= 11 is 0. The Balaban J connectivity index is 1.67. The number of nitrogens with one attached hydrogen (secondary N) is 4. The summed E-state index contributed by atoms with van der Waals surface area (Å²) in [4.78, 5) is 24.0. The summed E-state index contributed by atoms with van der Waals surface area (Å²) < 4.78 is 0. The smallest absolute Gasteiger partial charge is 0.255 e. The Bertz CT molecular complexity index is 695. The zero-order valence-electron chi connectivity index (χ0n) is 11.3. The summed E-state index contributed by atoms with van der Waals surface area (Å²) in [6.45, 7) is 0. The van der Waals surface area contributed by atoms with Crippen LogP contribution in [0.15, 0.2) is 49.1 Å². The molecule has 2 amide bonds. The van der Waals surface area contributed by atoms with Crippen molar-refractivity contribution in [3.8, 4) is 0 Å². The molecule has 0 spiro atoms. The number of aromatic amines is 2. The molecule has 0 fully saturated rings. The van der Waals surface area contributed by atoms with E-state index in [1.807, 2.05) is 0 Å². The van der Waals surface area contributed by atoms with Gasteiger partial charge < -0.3 is 10.6 Å². The van der Waals surface area contributed by atoms with Crippen LogP contribution < -0.4 is 10.6 Å².